The van der Waals surface area contributed by atoms with Gasteiger partial charge in [0.05, 0.1) is 20.1 Å². The molecule has 0 amide bonds. The monoisotopic (exact) mass is 459 g/mol. The summed E-state index contributed by atoms with van der Waals surface area (Å²) in [4.78, 5) is 12.0. The molecular formula is C23H26BrNO4. The summed E-state index contributed by atoms with van der Waals surface area (Å²) in [6, 6.07) is 12.2. The Hall–Kier alpha value is -2.47. The second-order valence-electron chi connectivity index (χ2n) is 7.07. The van der Waals surface area contributed by atoms with E-state index in [4.69, 9.17) is 14.2 Å². The second kappa shape index (κ2) is 9.35. The summed E-state index contributed by atoms with van der Waals surface area (Å²) in [7, 11) is 1.60. The van der Waals surface area contributed by atoms with E-state index in [0.717, 1.165) is 21.1 Å². The molecular weight excluding hydrogens is 434 g/mol. The minimum Gasteiger partial charge on any atom is -0.497 e. The molecule has 29 heavy (non-hydrogen) atoms. The predicted octanol–water partition coefficient (Wildman–Crippen LogP) is 5.68. The summed E-state index contributed by atoms with van der Waals surface area (Å²) in [5, 5.41) is 1.18. The van der Waals surface area contributed by atoms with Crippen LogP contribution in [0.3, 0.4) is 0 Å². The summed E-state index contributed by atoms with van der Waals surface area (Å²) in [6.45, 7) is 6.86. The van der Waals surface area contributed by atoms with Gasteiger partial charge in [0.1, 0.15) is 18.1 Å². The first-order valence-electron chi connectivity index (χ1n) is 9.67. The Kier molecular flexibility index (Phi) is 6.85. The van der Waals surface area contributed by atoms with E-state index in [1.165, 1.54) is 5.39 Å². The molecule has 0 N–H and O–H groups in total. The number of methoxy groups -OCH3 is 1. The second-order valence-corrected chi connectivity index (χ2v) is 7.93. The predicted molar refractivity (Wildman–Crippen MR) is 118 cm³/mol. The van der Waals surface area contributed by atoms with Crippen molar-refractivity contribution in [3.05, 3.63) is 58.2 Å². The SMILES string of the molecule is CCOC(=O)Cc1cc(OC)ccc1OCc1cc(Br)c2ccn(C(C)C)c2c1. The molecule has 0 saturated heterocycles. The van der Waals surface area contributed by atoms with Crippen molar-refractivity contribution in [1.29, 1.82) is 0 Å². The van der Waals surface area contributed by atoms with Gasteiger partial charge in [-0.3, -0.25) is 4.79 Å². The quantitative estimate of drug-likeness (QED) is 0.406. The highest BCUT2D eigenvalue weighted by molar-refractivity contribution is 9.10. The van der Waals surface area contributed by atoms with Gasteiger partial charge >= 0.3 is 5.97 Å². The number of ether oxygens (including phenoxy) is 3. The summed E-state index contributed by atoms with van der Waals surface area (Å²) in [6.07, 6.45) is 2.24. The lowest BCUT2D eigenvalue weighted by atomic mass is 10.1. The van der Waals surface area contributed by atoms with Gasteiger partial charge in [-0.2, -0.15) is 0 Å². The van der Waals surface area contributed by atoms with Gasteiger partial charge in [0.25, 0.3) is 0 Å². The van der Waals surface area contributed by atoms with Crippen molar-refractivity contribution < 1.29 is 19.0 Å². The van der Waals surface area contributed by atoms with Crippen molar-refractivity contribution in [3.8, 4) is 11.5 Å². The molecule has 0 bridgehead atoms. The van der Waals surface area contributed by atoms with Gasteiger partial charge in [-0.15, -0.1) is 0 Å². The topological polar surface area (TPSA) is 49.7 Å². The third-order valence-corrected chi connectivity index (χ3v) is 5.36. The fourth-order valence-corrected chi connectivity index (χ4v) is 3.92. The Morgan fingerprint density at radius 1 is 1.17 bits per heavy atom. The van der Waals surface area contributed by atoms with Crippen LogP contribution in [0, 0.1) is 0 Å². The van der Waals surface area contributed by atoms with Crippen LogP contribution in [0.15, 0.2) is 47.1 Å². The zero-order valence-electron chi connectivity index (χ0n) is 17.2. The molecule has 0 fully saturated rings. The number of esters is 1. The molecule has 3 aromatic rings. The molecule has 6 heteroatoms. The van der Waals surface area contributed by atoms with Crippen LogP contribution in [0.1, 0.15) is 37.9 Å². The number of nitrogens with zero attached hydrogens (tertiary/aromatic N) is 1. The van der Waals surface area contributed by atoms with Crippen molar-refractivity contribution in [2.75, 3.05) is 13.7 Å². The first kappa shape index (κ1) is 21.2. The lowest BCUT2D eigenvalue weighted by Gasteiger charge is -2.14. The van der Waals surface area contributed by atoms with E-state index in [0.29, 0.717) is 30.8 Å². The minimum absolute atomic E-state index is 0.138. The maximum Gasteiger partial charge on any atom is 0.310 e. The molecule has 0 atom stereocenters. The van der Waals surface area contributed by atoms with Crippen LogP contribution in [0.4, 0.5) is 0 Å². The summed E-state index contributed by atoms with van der Waals surface area (Å²) >= 11 is 3.67. The Balaban J connectivity index is 1.85. The van der Waals surface area contributed by atoms with E-state index in [1.807, 2.05) is 18.2 Å². The van der Waals surface area contributed by atoms with Gasteiger partial charge in [-0.05, 0) is 62.7 Å². The number of hydrogen-bond acceptors (Lipinski definition) is 4. The number of halogens is 1. The van der Waals surface area contributed by atoms with Crippen LogP contribution in [-0.4, -0.2) is 24.3 Å². The van der Waals surface area contributed by atoms with Crippen molar-refractivity contribution in [2.24, 2.45) is 0 Å². The van der Waals surface area contributed by atoms with E-state index < -0.39 is 0 Å². The van der Waals surface area contributed by atoms with E-state index in [2.05, 4.69) is 58.7 Å². The third kappa shape index (κ3) is 4.93. The summed E-state index contributed by atoms with van der Waals surface area (Å²) < 4.78 is 19.7. The maximum absolute atomic E-state index is 12.0. The van der Waals surface area contributed by atoms with Gasteiger partial charge < -0.3 is 18.8 Å². The van der Waals surface area contributed by atoms with Crippen LogP contribution < -0.4 is 9.47 Å². The van der Waals surface area contributed by atoms with Crippen molar-refractivity contribution in [2.45, 2.75) is 39.8 Å². The zero-order chi connectivity index (χ0) is 21.0. The number of hydrogen-bond donors (Lipinski definition) is 0. The van der Waals surface area contributed by atoms with E-state index in [9.17, 15) is 4.79 Å². The van der Waals surface area contributed by atoms with E-state index in [-0.39, 0.29) is 12.4 Å². The number of rotatable bonds is 8. The number of carbonyl (C=O) groups is 1. The molecule has 5 nitrogen and oxygen atoms in total. The Labute approximate surface area is 179 Å². The highest BCUT2D eigenvalue weighted by Gasteiger charge is 2.13. The first-order chi connectivity index (χ1) is 13.9. The van der Waals surface area contributed by atoms with Crippen LogP contribution in [0.25, 0.3) is 10.9 Å². The average Bonchev–Trinajstić information content (AvgIpc) is 3.12. The molecule has 0 aliphatic rings. The van der Waals surface area contributed by atoms with Crippen LogP contribution >= 0.6 is 15.9 Å². The number of fused-ring (bicyclic) bond motifs is 1. The molecule has 2 aromatic carbocycles. The minimum atomic E-state index is -0.287. The van der Waals surface area contributed by atoms with Crippen molar-refractivity contribution in [1.82, 2.24) is 4.57 Å². The Morgan fingerprint density at radius 3 is 2.66 bits per heavy atom. The molecule has 0 aliphatic heterocycles. The normalized spacial score (nSPS) is 11.1. The van der Waals surface area contributed by atoms with Crippen molar-refractivity contribution in [3.63, 3.8) is 0 Å². The molecule has 0 radical (unpaired) electrons. The Bertz CT molecular complexity index is 1010. The molecule has 154 valence electrons. The summed E-state index contributed by atoms with van der Waals surface area (Å²) in [5.41, 5.74) is 2.95. The summed E-state index contributed by atoms with van der Waals surface area (Å²) in [5.74, 6) is 1.04. The standard InChI is InChI=1S/C23H26BrNO4/c1-5-28-23(26)13-17-12-18(27-4)6-7-22(17)29-14-16-10-20(24)19-8-9-25(15(2)3)21(19)11-16/h6-12,15H,5,13-14H2,1-4H3. The smallest absolute Gasteiger partial charge is 0.310 e. The van der Waals surface area contributed by atoms with E-state index in [1.54, 1.807) is 14.0 Å². The third-order valence-electron chi connectivity index (χ3n) is 4.71. The van der Waals surface area contributed by atoms with Gasteiger partial charge in [-0.1, -0.05) is 15.9 Å². The zero-order valence-corrected chi connectivity index (χ0v) is 18.8. The van der Waals surface area contributed by atoms with Crippen LogP contribution in [-0.2, 0) is 22.6 Å². The van der Waals surface area contributed by atoms with Crippen LogP contribution in [0.5, 0.6) is 11.5 Å². The highest BCUT2D eigenvalue weighted by Crippen LogP contribution is 2.30. The molecule has 0 unspecified atom stereocenters. The van der Waals surface area contributed by atoms with Gasteiger partial charge in [0, 0.05) is 33.2 Å². The molecule has 3 rings (SSSR count). The highest BCUT2D eigenvalue weighted by atomic mass is 79.9. The number of aromatic nitrogens is 1. The number of carbonyl (C=O) groups excluding carboxylic acids is 1. The molecule has 1 heterocycles. The van der Waals surface area contributed by atoms with Crippen molar-refractivity contribution >= 4 is 32.8 Å². The maximum atomic E-state index is 12.0. The van der Waals surface area contributed by atoms with Gasteiger partial charge in [0.15, 0.2) is 0 Å². The molecule has 0 aliphatic carbocycles. The molecule has 0 saturated carbocycles. The van der Waals surface area contributed by atoms with Crippen LogP contribution in [0.2, 0.25) is 0 Å². The fourth-order valence-electron chi connectivity index (χ4n) is 3.30. The molecule has 1 aromatic heterocycles. The largest absolute Gasteiger partial charge is 0.497 e. The fraction of sp³-hybridized carbons (Fsp3) is 0.348. The molecule has 0 spiro atoms. The lowest BCUT2D eigenvalue weighted by Crippen LogP contribution is -2.09. The first-order valence-corrected chi connectivity index (χ1v) is 10.5. The average molecular weight is 460 g/mol. The lowest BCUT2D eigenvalue weighted by molar-refractivity contribution is -0.142. The van der Waals surface area contributed by atoms with Gasteiger partial charge in [0.2, 0.25) is 0 Å². The van der Waals surface area contributed by atoms with Gasteiger partial charge in [-0.25, -0.2) is 0 Å². The van der Waals surface area contributed by atoms with E-state index >= 15 is 0 Å². The Morgan fingerprint density at radius 2 is 1.97 bits per heavy atom. The number of benzene rings is 2.